The van der Waals surface area contributed by atoms with E-state index in [0.717, 1.165) is 22.7 Å². The maximum absolute atomic E-state index is 4.59. The van der Waals surface area contributed by atoms with Crippen molar-refractivity contribution in [3.63, 3.8) is 0 Å². The molecule has 0 saturated carbocycles. The molecule has 0 spiro atoms. The quantitative estimate of drug-likeness (QED) is 0.698. The number of anilines is 1. The van der Waals surface area contributed by atoms with Crippen LogP contribution in [0.5, 0.6) is 0 Å². The molecule has 3 aromatic heterocycles. The first-order valence-electron chi connectivity index (χ1n) is 7.57. The number of hydrogen-bond donors (Lipinski definition) is 2. The fraction of sp³-hybridized carbons (Fsp3) is 0. The molecule has 0 unspecified atom stereocenters. The largest absolute Gasteiger partial charge is 0.323 e. The van der Waals surface area contributed by atoms with Crippen LogP contribution in [-0.2, 0) is 0 Å². The Morgan fingerprint density at radius 2 is 2.24 bits per heavy atom. The maximum Gasteiger partial charge on any atom is 0.247 e. The van der Waals surface area contributed by atoms with Gasteiger partial charge in [-0.2, -0.15) is 4.98 Å². The number of rotatable bonds is 3. The lowest BCUT2D eigenvalue weighted by Crippen LogP contribution is -2.10. The van der Waals surface area contributed by atoms with E-state index in [4.69, 9.17) is 0 Å². The minimum absolute atomic E-state index is 0.515. The summed E-state index contributed by atoms with van der Waals surface area (Å²) in [7, 11) is 0. The minimum atomic E-state index is 0.515. The van der Waals surface area contributed by atoms with Crippen LogP contribution in [0.15, 0.2) is 72.9 Å². The Morgan fingerprint density at radius 1 is 1.24 bits per heavy atom. The lowest BCUT2D eigenvalue weighted by atomic mass is 10.2. The Hall–Kier alpha value is -3.33. The van der Waals surface area contributed by atoms with Crippen LogP contribution in [0.3, 0.4) is 0 Å². The zero-order valence-electron chi connectivity index (χ0n) is 12.9. The predicted octanol–water partition coefficient (Wildman–Crippen LogP) is 2.32. The van der Waals surface area contributed by atoms with Gasteiger partial charge in [0, 0.05) is 48.4 Å². The van der Waals surface area contributed by atoms with E-state index < -0.39 is 0 Å². The van der Waals surface area contributed by atoms with Crippen molar-refractivity contribution >= 4 is 23.7 Å². The van der Waals surface area contributed by atoms with E-state index in [0.29, 0.717) is 11.6 Å². The summed E-state index contributed by atoms with van der Waals surface area (Å²) < 4.78 is 6.85. The second kappa shape index (κ2) is 5.64. The van der Waals surface area contributed by atoms with Crippen molar-refractivity contribution in [1.29, 1.82) is 0 Å². The second-order valence-electron chi connectivity index (χ2n) is 5.37. The first-order chi connectivity index (χ1) is 12.4. The van der Waals surface area contributed by atoms with Crippen molar-refractivity contribution in [2.24, 2.45) is 0 Å². The average molecular weight is 348 g/mol. The number of fused-ring (bicyclic) bond motifs is 2. The van der Waals surface area contributed by atoms with Crippen molar-refractivity contribution < 1.29 is 0 Å². The molecule has 122 valence electrons. The third kappa shape index (κ3) is 2.50. The van der Waals surface area contributed by atoms with Gasteiger partial charge in [0.25, 0.3) is 0 Å². The molecule has 5 rings (SSSR count). The van der Waals surface area contributed by atoms with Crippen LogP contribution in [0.2, 0.25) is 0 Å². The molecule has 0 atom stereocenters. The van der Waals surface area contributed by atoms with Crippen LogP contribution < -0.4 is 10.0 Å². The van der Waals surface area contributed by atoms with Gasteiger partial charge in [-0.15, -0.1) is 5.10 Å². The molecule has 8 nitrogen and oxygen atoms in total. The van der Waals surface area contributed by atoms with Crippen molar-refractivity contribution in [1.82, 2.24) is 33.6 Å². The number of hydrogen-bond acceptors (Lipinski definition) is 8. The molecule has 0 amide bonds. The van der Waals surface area contributed by atoms with Crippen molar-refractivity contribution in [2.75, 3.05) is 5.32 Å². The highest BCUT2D eigenvalue weighted by Crippen LogP contribution is 2.28. The predicted molar refractivity (Wildman–Crippen MR) is 95.5 cm³/mol. The van der Waals surface area contributed by atoms with Gasteiger partial charge in [0.1, 0.15) is 5.69 Å². The normalized spacial score (nSPS) is 15.6. The summed E-state index contributed by atoms with van der Waals surface area (Å²) in [4.78, 5) is 13.2. The molecule has 0 saturated heterocycles. The number of pyridine rings is 1. The first-order valence-corrected chi connectivity index (χ1v) is 8.35. The fourth-order valence-electron chi connectivity index (χ4n) is 2.62. The van der Waals surface area contributed by atoms with Crippen molar-refractivity contribution in [2.45, 2.75) is 0 Å². The van der Waals surface area contributed by atoms with Gasteiger partial charge < -0.3 is 10.0 Å². The molecule has 25 heavy (non-hydrogen) atoms. The Bertz CT molecular complexity index is 1040. The van der Waals surface area contributed by atoms with Crippen LogP contribution in [-0.4, -0.2) is 28.9 Å². The van der Waals surface area contributed by atoms with E-state index in [1.54, 1.807) is 29.3 Å². The van der Waals surface area contributed by atoms with Crippen LogP contribution in [0, 0.1) is 0 Å². The standard InChI is InChI=1S/C16H12N8S/c1-2-11(9-17-4-1)14-15-21-16(22-23(15)7-5-18-14)20-12-3-6-24-13(8-12)10-19-25-24/h1-10,19H,(H,20,22). The van der Waals surface area contributed by atoms with Gasteiger partial charge >= 0.3 is 0 Å². The van der Waals surface area contributed by atoms with Crippen LogP contribution in [0.25, 0.3) is 16.9 Å². The lowest BCUT2D eigenvalue weighted by Gasteiger charge is -2.17. The summed E-state index contributed by atoms with van der Waals surface area (Å²) in [6.45, 7) is 0. The number of allylic oxidation sites excluding steroid dienone is 2. The van der Waals surface area contributed by atoms with E-state index in [2.05, 4.69) is 30.1 Å². The summed E-state index contributed by atoms with van der Waals surface area (Å²) in [6, 6.07) is 3.83. The summed E-state index contributed by atoms with van der Waals surface area (Å²) >= 11 is 1.52. The Kier molecular flexibility index (Phi) is 3.17. The topological polar surface area (TPSA) is 83.3 Å². The molecule has 2 aliphatic rings. The SMILES string of the molecule is C1=CN2SNC=C2C=C1Nc1nc2c(-c3cccnc3)nccn2n1. The van der Waals surface area contributed by atoms with Gasteiger partial charge in [0.2, 0.25) is 5.95 Å². The van der Waals surface area contributed by atoms with Gasteiger partial charge in [-0.1, -0.05) is 0 Å². The molecule has 0 radical (unpaired) electrons. The number of nitrogens with one attached hydrogen (secondary N) is 2. The second-order valence-corrected chi connectivity index (χ2v) is 6.18. The summed E-state index contributed by atoms with van der Waals surface area (Å²) in [5.41, 5.74) is 4.31. The zero-order valence-corrected chi connectivity index (χ0v) is 13.7. The molecule has 9 heteroatoms. The third-order valence-electron chi connectivity index (χ3n) is 3.75. The van der Waals surface area contributed by atoms with Crippen molar-refractivity contribution in [3.05, 3.63) is 72.9 Å². The molecule has 2 aliphatic heterocycles. The molecule has 0 aromatic carbocycles. The monoisotopic (exact) mass is 348 g/mol. The van der Waals surface area contributed by atoms with Crippen LogP contribution in [0.4, 0.5) is 5.95 Å². The fourth-order valence-corrected chi connectivity index (χ4v) is 3.24. The average Bonchev–Trinajstić information content (AvgIpc) is 3.27. The Labute approximate surface area is 147 Å². The molecule has 0 fully saturated rings. The zero-order chi connectivity index (χ0) is 16.6. The lowest BCUT2D eigenvalue weighted by molar-refractivity contribution is 0.801. The highest BCUT2D eigenvalue weighted by molar-refractivity contribution is 7.95. The van der Waals surface area contributed by atoms with Crippen molar-refractivity contribution in [3.8, 4) is 11.3 Å². The third-order valence-corrected chi connectivity index (χ3v) is 4.50. The summed E-state index contributed by atoms with van der Waals surface area (Å²) in [5, 5.41) is 7.73. The van der Waals surface area contributed by atoms with Gasteiger partial charge in [-0.3, -0.25) is 14.3 Å². The molecular formula is C16H12N8S. The molecule has 5 heterocycles. The first kappa shape index (κ1) is 14.1. The molecule has 2 N–H and O–H groups in total. The van der Waals surface area contributed by atoms with Gasteiger partial charge in [-0.25, -0.2) is 4.52 Å². The molecule has 3 aromatic rings. The number of nitrogens with zero attached hydrogens (tertiary/aromatic N) is 6. The number of aromatic nitrogens is 5. The van der Waals surface area contributed by atoms with E-state index in [1.165, 1.54) is 12.1 Å². The molecule has 0 bridgehead atoms. The molecule has 0 aliphatic carbocycles. The molecular weight excluding hydrogens is 336 g/mol. The smallest absolute Gasteiger partial charge is 0.247 e. The summed E-state index contributed by atoms with van der Waals surface area (Å²) in [6.07, 6.45) is 14.9. The van der Waals surface area contributed by atoms with Gasteiger partial charge in [0.15, 0.2) is 5.65 Å². The van der Waals surface area contributed by atoms with Crippen LogP contribution >= 0.6 is 12.1 Å². The van der Waals surface area contributed by atoms with Crippen LogP contribution in [0.1, 0.15) is 0 Å². The highest BCUT2D eigenvalue weighted by atomic mass is 32.2. The highest BCUT2D eigenvalue weighted by Gasteiger charge is 2.17. The Morgan fingerprint density at radius 3 is 3.16 bits per heavy atom. The van der Waals surface area contributed by atoms with E-state index in [9.17, 15) is 0 Å². The maximum atomic E-state index is 4.59. The van der Waals surface area contributed by atoms with E-state index in [-0.39, 0.29) is 0 Å². The van der Waals surface area contributed by atoms with Gasteiger partial charge in [0.05, 0.1) is 17.8 Å². The van der Waals surface area contributed by atoms with E-state index >= 15 is 0 Å². The minimum Gasteiger partial charge on any atom is -0.323 e. The Balaban J connectivity index is 1.50. The summed E-state index contributed by atoms with van der Waals surface area (Å²) in [5.74, 6) is 0.515. The van der Waals surface area contributed by atoms with E-state index in [1.807, 2.05) is 41.0 Å². The van der Waals surface area contributed by atoms with Gasteiger partial charge in [-0.05, 0) is 24.3 Å².